The predicted octanol–water partition coefficient (Wildman–Crippen LogP) is 15.3. The molecule has 0 aliphatic rings. The van der Waals surface area contributed by atoms with Gasteiger partial charge in [-0.2, -0.15) is 0 Å². The molecule has 0 spiro atoms. The Kier molecular flexibility index (Phi) is 7.54. The normalized spacial score (nSPS) is 11.7. The van der Waals surface area contributed by atoms with Gasteiger partial charge in [-0.25, -0.2) is 4.98 Å². The van der Waals surface area contributed by atoms with Gasteiger partial charge in [0.15, 0.2) is 0 Å². The van der Waals surface area contributed by atoms with Gasteiger partial charge in [-0.3, -0.25) is 4.98 Å². The molecular weight excluding hydrogens is 717 g/mol. The second-order valence-electron chi connectivity index (χ2n) is 15.3. The van der Waals surface area contributed by atoms with Crippen molar-refractivity contribution >= 4 is 65.3 Å². The molecule has 0 amide bonds. The van der Waals surface area contributed by atoms with Crippen molar-refractivity contribution in [1.29, 1.82) is 0 Å². The lowest BCUT2D eigenvalue weighted by molar-refractivity contribution is 0.671. The number of rotatable bonds is 5. The Labute approximate surface area is 340 Å². The number of hydrogen-bond donors (Lipinski definition) is 0. The van der Waals surface area contributed by atoms with Gasteiger partial charge >= 0.3 is 0 Å². The quantitative estimate of drug-likeness (QED) is 0.164. The minimum absolute atomic E-state index is 0.861. The molecule has 0 unspecified atom stereocenters. The third-order valence-corrected chi connectivity index (χ3v) is 11.9. The molecule has 59 heavy (non-hydrogen) atoms. The highest BCUT2D eigenvalue weighted by Crippen LogP contribution is 2.42. The molecule has 0 aliphatic heterocycles. The van der Waals surface area contributed by atoms with Gasteiger partial charge in [-0.1, -0.05) is 194 Å². The largest absolute Gasteiger partial charge is 0.455 e. The fourth-order valence-corrected chi connectivity index (χ4v) is 9.04. The van der Waals surface area contributed by atoms with Gasteiger partial charge in [0.25, 0.3) is 0 Å². The first-order chi connectivity index (χ1) is 29.2. The Morgan fingerprint density at radius 1 is 0.305 bits per heavy atom. The van der Waals surface area contributed by atoms with Crippen molar-refractivity contribution in [1.82, 2.24) is 9.97 Å². The SMILES string of the molecule is c1cc(-c2ccc(-c3ccc(-c4cccc5c4oc4c(-c6cccc7ccccc67)cccc45)cc3)cc2)cc(-c2cnc3c4ccccc4c4ccccc4c3n2)c1. The predicted molar refractivity (Wildman–Crippen MR) is 247 cm³/mol. The van der Waals surface area contributed by atoms with Crippen molar-refractivity contribution in [3.63, 3.8) is 0 Å². The van der Waals surface area contributed by atoms with Crippen molar-refractivity contribution in [2.24, 2.45) is 0 Å². The van der Waals surface area contributed by atoms with Crippen molar-refractivity contribution in [2.45, 2.75) is 0 Å². The molecule has 0 atom stereocenters. The van der Waals surface area contributed by atoms with Crippen molar-refractivity contribution in [2.75, 3.05) is 0 Å². The summed E-state index contributed by atoms with van der Waals surface area (Å²) in [6.45, 7) is 0. The van der Waals surface area contributed by atoms with Gasteiger partial charge in [0.05, 0.1) is 22.9 Å². The van der Waals surface area contributed by atoms with Crippen LogP contribution >= 0.6 is 0 Å². The van der Waals surface area contributed by atoms with E-state index in [0.29, 0.717) is 0 Å². The molecule has 0 saturated carbocycles. The Balaban J connectivity index is 0.851. The zero-order valence-electron chi connectivity index (χ0n) is 31.9. The van der Waals surface area contributed by atoms with Crippen LogP contribution in [0.3, 0.4) is 0 Å². The van der Waals surface area contributed by atoms with Crippen LogP contribution in [-0.4, -0.2) is 9.97 Å². The van der Waals surface area contributed by atoms with E-state index in [2.05, 4.69) is 200 Å². The number of para-hydroxylation sites is 2. The molecule has 2 heterocycles. The molecule has 0 bridgehead atoms. The molecule has 0 radical (unpaired) electrons. The maximum Gasteiger partial charge on any atom is 0.143 e. The van der Waals surface area contributed by atoms with Crippen LogP contribution in [0.1, 0.15) is 0 Å². The van der Waals surface area contributed by atoms with Gasteiger partial charge < -0.3 is 4.42 Å². The topological polar surface area (TPSA) is 38.9 Å². The van der Waals surface area contributed by atoms with Crippen LogP contribution in [0.25, 0.3) is 121 Å². The Morgan fingerprint density at radius 2 is 0.780 bits per heavy atom. The number of nitrogens with zero attached hydrogens (tertiary/aromatic N) is 2. The Morgan fingerprint density at radius 3 is 1.49 bits per heavy atom. The highest BCUT2D eigenvalue weighted by Gasteiger charge is 2.17. The summed E-state index contributed by atoms with van der Waals surface area (Å²) < 4.78 is 6.82. The molecule has 2 aromatic heterocycles. The number of benzene rings is 10. The third kappa shape index (κ3) is 5.44. The van der Waals surface area contributed by atoms with E-state index < -0.39 is 0 Å². The van der Waals surface area contributed by atoms with E-state index in [1.165, 1.54) is 27.1 Å². The monoisotopic (exact) mass is 750 g/mol. The molecule has 274 valence electrons. The molecule has 3 heteroatoms. The van der Waals surface area contributed by atoms with Crippen LogP contribution < -0.4 is 0 Å². The van der Waals surface area contributed by atoms with E-state index in [4.69, 9.17) is 14.4 Å². The molecule has 12 rings (SSSR count). The summed E-state index contributed by atoms with van der Waals surface area (Å²) in [6.07, 6.45) is 1.91. The molecule has 12 aromatic rings. The number of aromatic nitrogens is 2. The third-order valence-electron chi connectivity index (χ3n) is 11.9. The highest BCUT2D eigenvalue weighted by atomic mass is 16.3. The van der Waals surface area contributed by atoms with Crippen molar-refractivity contribution in [3.05, 3.63) is 206 Å². The van der Waals surface area contributed by atoms with E-state index in [1.54, 1.807) is 0 Å². The average Bonchev–Trinajstić information content (AvgIpc) is 3.71. The standard InChI is InChI=1S/C56H34N2O/c1-2-15-42-38(11-1)12-8-21-44(42)49-22-10-24-51-50-23-9-20-43(55(50)59-56(49)51)39-31-29-36(30-32-39)35-25-27-37(28-26-35)40-13-7-14-41(33-40)52-34-57-53-47-18-5-3-16-45(47)46-17-4-6-19-48(46)54(53)58-52/h1-34H. The minimum atomic E-state index is 0.861. The van der Waals surface area contributed by atoms with Gasteiger partial charge in [0.1, 0.15) is 11.2 Å². The maximum absolute atomic E-state index is 6.82. The lowest BCUT2D eigenvalue weighted by Gasteiger charge is -2.11. The van der Waals surface area contributed by atoms with Crippen LogP contribution in [0.4, 0.5) is 0 Å². The lowest BCUT2D eigenvalue weighted by atomic mass is 9.96. The summed E-state index contributed by atoms with van der Waals surface area (Å²) in [5, 5.41) is 9.33. The van der Waals surface area contributed by atoms with Crippen LogP contribution in [-0.2, 0) is 0 Å². The molecule has 0 aliphatic carbocycles. The van der Waals surface area contributed by atoms with E-state index in [0.717, 1.165) is 93.9 Å². The Hall–Kier alpha value is -7.88. The molecule has 3 nitrogen and oxygen atoms in total. The van der Waals surface area contributed by atoms with Crippen LogP contribution in [0.5, 0.6) is 0 Å². The first-order valence-electron chi connectivity index (χ1n) is 20.1. The second-order valence-corrected chi connectivity index (χ2v) is 15.3. The first kappa shape index (κ1) is 33.3. The van der Waals surface area contributed by atoms with E-state index in [-0.39, 0.29) is 0 Å². The zero-order chi connectivity index (χ0) is 38.9. The van der Waals surface area contributed by atoms with Gasteiger partial charge in [0.2, 0.25) is 0 Å². The lowest BCUT2D eigenvalue weighted by Crippen LogP contribution is -1.92. The van der Waals surface area contributed by atoms with Gasteiger partial charge in [0, 0.05) is 38.2 Å². The average molecular weight is 751 g/mol. The zero-order valence-corrected chi connectivity index (χ0v) is 31.9. The maximum atomic E-state index is 6.82. The molecule has 0 fully saturated rings. The molecule has 0 N–H and O–H groups in total. The number of fused-ring (bicyclic) bond motifs is 10. The smallest absolute Gasteiger partial charge is 0.143 e. The minimum Gasteiger partial charge on any atom is -0.455 e. The van der Waals surface area contributed by atoms with Gasteiger partial charge in [-0.15, -0.1) is 0 Å². The highest BCUT2D eigenvalue weighted by molar-refractivity contribution is 6.23. The Bertz CT molecular complexity index is 3560. The summed E-state index contributed by atoms with van der Waals surface area (Å²) in [5.41, 5.74) is 14.7. The fourth-order valence-electron chi connectivity index (χ4n) is 9.04. The number of furan rings is 1. The second kappa shape index (κ2) is 13.4. The fraction of sp³-hybridized carbons (Fsp3) is 0. The summed E-state index contributed by atoms with van der Waals surface area (Å²) in [7, 11) is 0. The van der Waals surface area contributed by atoms with E-state index in [9.17, 15) is 0 Å². The summed E-state index contributed by atoms with van der Waals surface area (Å²) in [6, 6.07) is 71.2. The molecular formula is C56H34N2O. The van der Waals surface area contributed by atoms with Crippen LogP contribution in [0.15, 0.2) is 211 Å². The summed E-state index contributed by atoms with van der Waals surface area (Å²) >= 11 is 0. The van der Waals surface area contributed by atoms with E-state index in [1.807, 2.05) is 6.20 Å². The van der Waals surface area contributed by atoms with Crippen LogP contribution in [0, 0.1) is 0 Å². The summed E-state index contributed by atoms with van der Waals surface area (Å²) in [5.74, 6) is 0. The summed E-state index contributed by atoms with van der Waals surface area (Å²) in [4.78, 5) is 10.2. The first-order valence-corrected chi connectivity index (χ1v) is 20.1. The van der Waals surface area contributed by atoms with Gasteiger partial charge in [-0.05, 0) is 61.0 Å². The van der Waals surface area contributed by atoms with Crippen molar-refractivity contribution in [3.8, 4) is 55.8 Å². The van der Waals surface area contributed by atoms with E-state index >= 15 is 0 Å². The van der Waals surface area contributed by atoms with Crippen LogP contribution in [0.2, 0.25) is 0 Å². The molecule has 10 aromatic carbocycles. The molecule has 0 saturated heterocycles. The van der Waals surface area contributed by atoms with Crippen molar-refractivity contribution < 1.29 is 4.42 Å². The number of hydrogen-bond acceptors (Lipinski definition) is 3.